The molecule has 2 amide bonds. The standard InChI is InChI=1S/C21H23IN2O4/c1-21(2,3)15-6-4-14(5-7-15)20(27)23-12-19(26)28-13-18(25)24-17-10-8-16(22)9-11-17/h4-11H,12-13H2,1-3H3,(H,23,27)(H,24,25). The van der Waals surface area contributed by atoms with E-state index in [1.165, 1.54) is 0 Å². The van der Waals surface area contributed by atoms with Gasteiger partial charge in [-0.15, -0.1) is 0 Å². The van der Waals surface area contributed by atoms with E-state index < -0.39 is 18.5 Å². The van der Waals surface area contributed by atoms with E-state index in [2.05, 4.69) is 54.0 Å². The van der Waals surface area contributed by atoms with Crippen molar-refractivity contribution in [3.63, 3.8) is 0 Å². The number of hydrogen-bond acceptors (Lipinski definition) is 4. The van der Waals surface area contributed by atoms with Crippen LogP contribution >= 0.6 is 22.6 Å². The summed E-state index contributed by atoms with van der Waals surface area (Å²) in [6, 6.07) is 14.4. The maximum atomic E-state index is 12.1. The molecule has 0 atom stereocenters. The molecular formula is C21H23IN2O4. The highest BCUT2D eigenvalue weighted by Crippen LogP contribution is 2.22. The predicted octanol–water partition coefficient (Wildman–Crippen LogP) is 3.50. The van der Waals surface area contributed by atoms with Gasteiger partial charge in [0.15, 0.2) is 6.61 Å². The van der Waals surface area contributed by atoms with Gasteiger partial charge in [0.25, 0.3) is 11.8 Å². The summed E-state index contributed by atoms with van der Waals surface area (Å²) in [6.07, 6.45) is 0. The smallest absolute Gasteiger partial charge is 0.325 e. The Kier molecular flexibility index (Phi) is 7.56. The van der Waals surface area contributed by atoms with Gasteiger partial charge < -0.3 is 15.4 Å². The Hall–Kier alpha value is -2.42. The van der Waals surface area contributed by atoms with Crippen LogP contribution in [-0.4, -0.2) is 30.9 Å². The first-order valence-electron chi connectivity index (χ1n) is 8.75. The fraction of sp³-hybridized carbons (Fsp3) is 0.286. The molecule has 148 valence electrons. The first kappa shape index (κ1) is 21.9. The van der Waals surface area contributed by atoms with Crippen LogP contribution < -0.4 is 10.6 Å². The summed E-state index contributed by atoms with van der Waals surface area (Å²) in [7, 11) is 0. The molecule has 0 spiro atoms. The number of hydrogen-bond donors (Lipinski definition) is 2. The van der Waals surface area contributed by atoms with E-state index in [0.29, 0.717) is 11.3 Å². The molecule has 2 aromatic rings. The van der Waals surface area contributed by atoms with Crippen LogP contribution in [-0.2, 0) is 19.7 Å². The second kappa shape index (κ2) is 9.68. The number of carbonyl (C=O) groups is 3. The Bertz CT molecular complexity index is 840. The van der Waals surface area contributed by atoms with Crippen LogP contribution in [0.3, 0.4) is 0 Å². The van der Waals surface area contributed by atoms with E-state index >= 15 is 0 Å². The van der Waals surface area contributed by atoms with Crippen molar-refractivity contribution in [1.29, 1.82) is 0 Å². The molecule has 0 saturated carbocycles. The average Bonchev–Trinajstić information content (AvgIpc) is 2.65. The van der Waals surface area contributed by atoms with Crippen LogP contribution in [0.2, 0.25) is 0 Å². The Morgan fingerprint density at radius 2 is 1.57 bits per heavy atom. The first-order chi connectivity index (χ1) is 13.1. The van der Waals surface area contributed by atoms with Crippen molar-refractivity contribution in [3.8, 4) is 0 Å². The Labute approximate surface area is 178 Å². The third-order valence-electron chi connectivity index (χ3n) is 3.90. The van der Waals surface area contributed by atoms with Gasteiger partial charge in [0.1, 0.15) is 6.54 Å². The summed E-state index contributed by atoms with van der Waals surface area (Å²) in [5.41, 5.74) is 2.19. The van der Waals surface area contributed by atoms with E-state index in [-0.39, 0.29) is 17.9 Å². The summed E-state index contributed by atoms with van der Waals surface area (Å²) in [4.78, 5) is 35.7. The van der Waals surface area contributed by atoms with Crippen LogP contribution in [0.25, 0.3) is 0 Å². The zero-order chi connectivity index (χ0) is 20.7. The zero-order valence-electron chi connectivity index (χ0n) is 16.0. The average molecular weight is 494 g/mol. The topological polar surface area (TPSA) is 84.5 Å². The second-order valence-electron chi connectivity index (χ2n) is 7.23. The van der Waals surface area contributed by atoms with Crippen LogP contribution in [0.1, 0.15) is 36.7 Å². The highest BCUT2D eigenvalue weighted by Gasteiger charge is 2.15. The van der Waals surface area contributed by atoms with E-state index in [1.807, 2.05) is 24.3 Å². The molecule has 0 aliphatic carbocycles. The van der Waals surface area contributed by atoms with Gasteiger partial charge in [-0.2, -0.15) is 0 Å². The van der Waals surface area contributed by atoms with E-state index in [0.717, 1.165) is 9.13 Å². The van der Waals surface area contributed by atoms with E-state index in [9.17, 15) is 14.4 Å². The number of nitrogens with one attached hydrogen (secondary N) is 2. The highest BCUT2D eigenvalue weighted by atomic mass is 127. The lowest BCUT2D eigenvalue weighted by Gasteiger charge is -2.19. The molecule has 28 heavy (non-hydrogen) atoms. The minimum absolute atomic E-state index is 0.00239. The fourth-order valence-electron chi connectivity index (χ4n) is 2.30. The van der Waals surface area contributed by atoms with Crippen LogP contribution in [0, 0.1) is 3.57 Å². The monoisotopic (exact) mass is 494 g/mol. The summed E-state index contributed by atoms with van der Waals surface area (Å²) in [6.45, 7) is 5.55. The van der Waals surface area contributed by atoms with Gasteiger partial charge in [0.05, 0.1) is 0 Å². The molecule has 0 fully saturated rings. The Morgan fingerprint density at radius 1 is 0.964 bits per heavy atom. The van der Waals surface area contributed by atoms with Gasteiger partial charge in [-0.25, -0.2) is 0 Å². The molecule has 2 aromatic carbocycles. The molecule has 2 N–H and O–H groups in total. The Morgan fingerprint density at radius 3 is 2.14 bits per heavy atom. The minimum Gasteiger partial charge on any atom is -0.454 e. The molecule has 0 aromatic heterocycles. The summed E-state index contributed by atoms with van der Waals surface area (Å²) < 4.78 is 5.93. The number of halogens is 1. The lowest BCUT2D eigenvalue weighted by molar-refractivity contribution is -0.146. The SMILES string of the molecule is CC(C)(C)c1ccc(C(=O)NCC(=O)OCC(=O)Nc2ccc(I)cc2)cc1. The van der Waals surface area contributed by atoms with Crippen molar-refractivity contribution < 1.29 is 19.1 Å². The van der Waals surface area contributed by atoms with Crippen LogP contribution in [0.15, 0.2) is 48.5 Å². The molecule has 0 unspecified atom stereocenters. The van der Waals surface area contributed by atoms with Crippen molar-refractivity contribution in [2.24, 2.45) is 0 Å². The number of benzene rings is 2. The number of carbonyl (C=O) groups excluding carboxylic acids is 3. The second-order valence-corrected chi connectivity index (χ2v) is 8.47. The number of esters is 1. The van der Waals surface area contributed by atoms with Crippen molar-refractivity contribution in [1.82, 2.24) is 5.32 Å². The van der Waals surface area contributed by atoms with Crippen molar-refractivity contribution in [3.05, 3.63) is 63.2 Å². The molecule has 0 aliphatic heterocycles. The molecule has 6 nitrogen and oxygen atoms in total. The summed E-state index contributed by atoms with van der Waals surface area (Å²) >= 11 is 2.16. The normalized spacial score (nSPS) is 10.9. The number of rotatable bonds is 6. The number of anilines is 1. The van der Waals surface area contributed by atoms with Gasteiger partial charge in [0, 0.05) is 14.8 Å². The molecule has 2 rings (SSSR count). The zero-order valence-corrected chi connectivity index (χ0v) is 18.2. The van der Waals surface area contributed by atoms with Crippen molar-refractivity contribution in [2.75, 3.05) is 18.5 Å². The van der Waals surface area contributed by atoms with Crippen molar-refractivity contribution >= 4 is 46.1 Å². The maximum absolute atomic E-state index is 12.1. The van der Waals surface area contributed by atoms with Crippen LogP contribution in [0.4, 0.5) is 5.69 Å². The predicted molar refractivity (Wildman–Crippen MR) is 116 cm³/mol. The molecular weight excluding hydrogens is 471 g/mol. The molecule has 7 heteroatoms. The third-order valence-corrected chi connectivity index (χ3v) is 4.62. The van der Waals surface area contributed by atoms with Crippen LogP contribution in [0.5, 0.6) is 0 Å². The summed E-state index contributed by atoms with van der Waals surface area (Å²) in [5.74, 6) is -1.50. The fourth-order valence-corrected chi connectivity index (χ4v) is 2.66. The quantitative estimate of drug-likeness (QED) is 0.476. The lowest BCUT2D eigenvalue weighted by atomic mass is 9.87. The first-order valence-corrected chi connectivity index (χ1v) is 9.83. The third kappa shape index (κ3) is 6.95. The highest BCUT2D eigenvalue weighted by molar-refractivity contribution is 14.1. The number of ether oxygens (including phenoxy) is 1. The number of amides is 2. The van der Waals surface area contributed by atoms with E-state index in [4.69, 9.17) is 4.74 Å². The largest absolute Gasteiger partial charge is 0.454 e. The molecule has 0 heterocycles. The summed E-state index contributed by atoms with van der Waals surface area (Å²) in [5, 5.41) is 5.12. The van der Waals surface area contributed by atoms with Gasteiger partial charge in [0.2, 0.25) is 0 Å². The Balaban J connectivity index is 1.74. The minimum atomic E-state index is -0.683. The molecule has 0 saturated heterocycles. The van der Waals surface area contributed by atoms with Gasteiger partial charge in [-0.3, -0.25) is 14.4 Å². The van der Waals surface area contributed by atoms with Gasteiger partial charge in [-0.1, -0.05) is 32.9 Å². The van der Waals surface area contributed by atoms with E-state index in [1.54, 1.807) is 24.3 Å². The molecule has 0 bridgehead atoms. The van der Waals surface area contributed by atoms with Crippen molar-refractivity contribution in [2.45, 2.75) is 26.2 Å². The lowest BCUT2D eigenvalue weighted by Crippen LogP contribution is -2.32. The van der Waals surface area contributed by atoms with Gasteiger partial charge in [-0.05, 0) is 70.0 Å². The maximum Gasteiger partial charge on any atom is 0.325 e. The van der Waals surface area contributed by atoms with Gasteiger partial charge >= 0.3 is 5.97 Å². The molecule has 0 aliphatic rings. The molecule has 0 radical (unpaired) electrons.